The predicted octanol–water partition coefficient (Wildman–Crippen LogP) is -3.55. The zero-order valence-corrected chi connectivity index (χ0v) is 82.7. The molecule has 0 radical (unpaired) electrons. The average molecular weight is 2310 g/mol. The number of phosphoric ester groups is 10. The fourth-order valence-electron chi connectivity index (χ4n) is 16.2. The Labute approximate surface area is 818 Å². The van der Waals surface area contributed by atoms with Crippen LogP contribution in [-0.4, -0.2) is 289 Å². The summed E-state index contributed by atoms with van der Waals surface area (Å²) in [6.07, 6.45) is -30.6. The molecule has 30 N–H and O–H groups in total. The monoisotopic (exact) mass is 2310 g/mol. The zero-order valence-electron chi connectivity index (χ0n) is 73.8. The highest BCUT2D eigenvalue weighted by Crippen LogP contribution is 2.68. The summed E-state index contributed by atoms with van der Waals surface area (Å²) < 4.78 is 254. The highest BCUT2D eigenvalue weighted by molar-refractivity contribution is 7.63. The maximum absolute atomic E-state index is 14.2. The molecule has 0 aliphatic carbocycles. The summed E-state index contributed by atoms with van der Waals surface area (Å²) in [6.45, 7) is -7.93. The largest absolute Gasteiger partial charge is 0.481 e. The standard InChI is InChI=1S/C60H78N30O49P10/c61-55-73-43-37(49(93)79-55)67-13-85(43)31-1-19(92)26(125-31)8-119-140(99,100)135-146(111,112)131-21-3-33(87-15-69-39-45(87)75-57(63)81-51(39)95)127-28(21)10-121-142(103,104)137-148(115,116)133-23-5-35(89-17-71-41-47(89)77-59(65)83-53(41)97)129-30(23)12-123-144(107,108)139-149(117,118)134-24-6-36(90-18-72-42-48(90)78-60(66)84-54(42)98)128-29(24)11-122-143(105,106)138-147(113,114)132-22-4-34(88-16-70-40-46(88)76-58(64)82-52(40)96)126-27(22)9-120-141(101,102)136-145(109,110)130-20-2-32(124-25(20)7-91)86-14-68-38-44(86)74-56(62)80-50(38)94/h13-36,91-92H,1-12H2,(H,99,100)(H,101,102)(H,103,104)(H,105,106)(H,107,108)(H,109,110)(H,111,112)(H,113,114)(H,115,116)(H,117,118)(H3,61,73,79,93)(H3,62,74,80,94)(H3,63,75,81,95)(H3,64,76,82,96)(H3,65,77,83,97)(H3,66,78,84,98). The molecule has 149 heavy (non-hydrogen) atoms. The van der Waals surface area contributed by atoms with Gasteiger partial charge < -0.3 is 122 Å². The quantitative estimate of drug-likeness (QED) is 0.0165. The summed E-state index contributed by atoms with van der Waals surface area (Å²) in [7, 11) is -61.5. The maximum Gasteiger partial charge on any atom is 0.481 e. The molecular weight excluding hydrogens is 2230 g/mol. The number of phosphoric acid groups is 10. The Balaban J connectivity index is 0.535. The van der Waals surface area contributed by atoms with Crippen LogP contribution in [0, 0.1) is 0 Å². The predicted molar refractivity (Wildman–Crippen MR) is 477 cm³/mol. The average Bonchev–Trinajstić information content (AvgIpc) is 1.63. The minimum Gasteiger partial charge on any atom is -0.394 e. The lowest BCUT2D eigenvalue weighted by atomic mass is 10.2. The number of nitrogen functional groups attached to an aromatic ring is 6. The Morgan fingerprint density at radius 1 is 0.275 bits per heavy atom. The molecular formula is C60H78N30O49P10. The summed E-state index contributed by atoms with van der Waals surface area (Å²) in [5.74, 6) is -2.75. The van der Waals surface area contributed by atoms with E-state index in [0.29, 0.717) is 0 Å². The first-order valence-electron chi connectivity index (χ1n) is 41.8. The van der Waals surface area contributed by atoms with Crippen molar-refractivity contribution in [1.29, 1.82) is 0 Å². The van der Waals surface area contributed by atoms with Crippen molar-refractivity contribution in [2.75, 3.05) is 74.0 Å². The topological polar surface area (TPSA) is 1140 Å². The lowest BCUT2D eigenvalue weighted by Crippen LogP contribution is -2.29. The number of rotatable bonds is 42. The normalized spacial score (nSPS) is 28.6. The van der Waals surface area contributed by atoms with Gasteiger partial charge in [0.05, 0.1) is 83.7 Å². The van der Waals surface area contributed by atoms with Gasteiger partial charge >= 0.3 is 78.2 Å². The molecule has 12 aromatic heterocycles. The molecule has 89 heteroatoms. The van der Waals surface area contributed by atoms with Gasteiger partial charge in [-0.05, 0) is 0 Å². The summed E-state index contributed by atoms with van der Waals surface area (Å²) >= 11 is 0. The van der Waals surface area contributed by atoms with Gasteiger partial charge in [0.15, 0.2) is 67.0 Å². The van der Waals surface area contributed by atoms with E-state index in [1.807, 2.05) is 0 Å². The molecule has 0 spiro atoms. The molecule has 6 aliphatic rings. The number of fused-ring (bicyclic) bond motifs is 6. The van der Waals surface area contributed by atoms with E-state index in [0.717, 1.165) is 60.8 Å². The van der Waals surface area contributed by atoms with E-state index in [1.54, 1.807) is 0 Å². The van der Waals surface area contributed by atoms with Crippen molar-refractivity contribution in [3.05, 3.63) is 100 Å². The number of hydrogen-bond donors (Lipinski definition) is 24. The van der Waals surface area contributed by atoms with Crippen LogP contribution in [0.5, 0.6) is 0 Å². The van der Waals surface area contributed by atoms with Crippen molar-refractivity contribution >= 4 is 181 Å². The Morgan fingerprint density at radius 3 is 0.638 bits per heavy atom. The lowest BCUT2D eigenvalue weighted by Gasteiger charge is -2.25. The van der Waals surface area contributed by atoms with Crippen molar-refractivity contribution in [3.63, 3.8) is 0 Å². The van der Waals surface area contributed by atoms with Crippen LogP contribution >= 0.6 is 78.2 Å². The van der Waals surface area contributed by atoms with Gasteiger partial charge in [0.25, 0.3) is 33.4 Å². The molecule has 0 bridgehead atoms. The van der Waals surface area contributed by atoms with Crippen molar-refractivity contribution in [2.45, 2.75) is 149 Å². The van der Waals surface area contributed by atoms with Gasteiger partial charge in [0, 0.05) is 38.5 Å². The second-order valence-corrected chi connectivity index (χ2v) is 47.4. The summed E-state index contributed by atoms with van der Waals surface area (Å²) in [5, 5.41) is 21.0. The van der Waals surface area contributed by atoms with Crippen molar-refractivity contribution in [2.24, 2.45) is 0 Å². The highest BCUT2D eigenvalue weighted by Gasteiger charge is 2.55. The lowest BCUT2D eigenvalue weighted by molar-refractivity contribution is -0.0474. The molecule has 6 saturated heterocycles. The molecule has 79 nitrogen and oxygen atoms in total. The van der Waals surface area contributed by atoms with Crippen molar-refractivity contribution in [3.8, 4) is 0 Å². The fraction of sp³-hybridized carbons (Fsp3) is 0.500. The van der Waals surface area contributed by atoms with E-state index in [2.05, 4.69) is 111 Å². The molecule has 0 amide bonds. The van der Waals surface area contributed by atoms with Gasteiger partial charge in [0.2, 0.25) is 35.7 Å². The maximum atomic E-state index is 14.2. The second kappa shape index (κ2) is 41.0. The fourth-order valence-corrected chi connectivity index (χ4v) is 27.6. The molecule has 28 atom stereocenters. The number of aromatic nitrogens is 24. The number of ether oxygens (including phenoxy) is 6. The third kappa shape index (κ3) is 24.4. The summed E-state index contributed by atoms with van der Waals surface area (Å²) in [6, 6.07) is 0. The van der Waals surface area contributed by atoms with E-state index >= 15 is 0 Å². The van der Waals surface area contributed by atoms with E-state index < -0.39 is 346 Å². The van der Waals surface area contributed by atoms with Gasteiger partial charge in [-0.1, -0.05) is 0 Å². The third-order valence-electron chi connectivity index (χ3n) is 22.2. The summed E-state index contributed by atoms with van der Waals surface area (Å²) in [4.78, 5) is 249. The number of nitrogens with one attached hydrogen (secondary N) is 6. The van der Waals surface area contributed by atoms with Crippen LogP contribution in [0.15, 0.2) is 66.7 Å². The van der Waals surface area contributed by atoms with Crippen LogP contribution in [0.4, 0.5) is 35.7 Å². The number of nitrogens with zero attached hydrogens (tertiary/aromatic N) is 18. The number of anilines is 6. The van der Waals surface area contributed by atoms with E-state index in [1.165, 1.54) is 4.57 Å². The zero-order chi connectivity index (χ0) is 107. The first-order valence-corrected chi connectivity index (χ1v) is 56.8. The molecule has 812 valence electrons. The second-order valence-electron chi connectivity index (χ2n) is 32.4. The number of nitrogens with two attached hydrogens (primary N) is 6. The number of hydrogen-bond acceptors (Lipinski definition) is 57. The van der Waals surface area contributed by atoms with E-state index in [4.69, 9.17) is 108 Å². The Kier molecular flexibility index (Phi) is 29.9. The van der Waals surface area contributed by atoms with Gasteiger partial charge in [-0.3, -0.25) is 131 Å². The minimum atomic E-state index is -6.35. The first kappa shape index (κ1) is 109. The van der Waals surface area contributed by atoms with Crippen LogP contribution in [0.25, 0.3) is 67.0 Å². The Morgan fingerprint density at radius 2 is 0.443 bits per heavy atom. The molecule has 0 saturated carbocycles. The molecule has 18 rings (SSSR count). The van der Waals surface area contributed by atoms with Crippen LogP contribution in [-0.2, 0) is 141 Å². The van der Waals surface area contributed by atoms with Crippen molar-refractivity contribution in [1.82, 2.24) is 117 Å². The van der Waals surface area contributed by atoms with Gasteiger partial charge in [-0.25, -0.2) is 75.6 Å². The van der Waals surface area contributed by atoms with Gasteiger partial charge in [-0.15, -0.1) is 0 Å². The molecule has 6 fully saturated rings. The van der Waals surface area contributed by atoms with E-state index in [-0.39, 0.29) is 57.5 Å². The molecule has 28 unspecified atom stereocenters. The number of imidazole rings is 6. The van der Waals surface area contributed by atoms with Crippen LogP contribution < -0.4 is 67.8 Å². The van der Waals surface area contributed by atoms with E-state index in [9.17, 15) is 134 Å². The molecule has 18 heterocycles. The Bertz CT molecular complexity index is 8040. The SMILES string of the molecule is Nc1nc2c(ncn2C2CC(O)C(COP(=O)(O)OP(=O)(O)OC3CC(n4cnc5c(=O)[nH]c(N)nc54)OC3COP(=O)(O)OP(=O)(O)OC3CC(n4cnc5c(=O)[nH]c(N)nc54)OC3COP(=O)(O)OP(=O)(O)OC3CC(n4cnc5c(=O)[nH]c(N)nc54)OC3COP(=O)(O)OP(=O)(O)OC3CC(n4cnc5c(=O)[nH]c(N)nc54)OC3COP(=O)(O)OP(=O)(O)OC3CC(n4cnc5c(=O)[nH]c(N)nc54)OC3CO)O2)c(=O)[nH]1. The first-order chi connectivity index (χ1) is 69.8. The van der Waals surface area contributed by atoms with Crippen LogP contribution in [0.3, 0.4) is 0 Å². The third-order valence-corrected chi connectivity index (χ3v) is 35.6. The number of aliphatic hydroxyl groups excluding tert-OH is 2. The minimum absolute atomic E-state index is 0.0965. The molecule has 6 aliphatic heterocycles. The highest BCUT2D eigenvalue weighted by atomic mass is 31.3. The van der Waals surface area contributed by atoms with Crippen molar-refractivity contribution < 1.29 is 200 Å². The molecule has 0 aromatic carbocycles. The van der Waals surface area contributed by atoms with Crippen LogP contribution in [0.1, 0.15) is 75.9 Å². The number of aliphatic hydroxyl groups is 2. The van der Waals surface area contributed by atoms with Gasteiger partial charge in [0.1, 0.15) is 105 Å². The number of H-pyrrole nitrogens is 6. The summed E-state index contributed by atoms with van der Waals surface area (Å²) in [5.41, 5.74) is 25.5. The smallest absolute Gasteiger partial charge is 0.394 e. The number of aromatic amines is 6. The molecule has 12 aromatic rings. The Hall–Kier alpha value is -10.1. The van der Waals surface area contributed by atoms with Crippen LogP contribution in [0.2, 0.25) is 0 Å². The van der Waals surface area contributed by atoms with Gasteiger partial charge in [-0.2, -0.15) is 51.5 Å².